The van der Waals surface area contributed by atoms with Gasteiger partial charge in [-0.2, -0.15) is 0 Å². The third kappa shape index (κ3) is 2.83. The standard InChI is InChI=1S/C12H20N2O2/c1-2-3-4-11(15)7-13-8-12(16)14(9-13)10-5-6-10/h2,10-11,15H,1,3-9H2/t11-/m1/s1. The Morgan fingerprint density at radius 2 is 2.31 bits per heavy atom. The lowest BCUT2D eigenvalue weighted by Crippen LogP contribution is -2.33. The summed E-state index contributed by atoms with van der Waals surface area (Å²) in [5.74, 6) is 0.221. The van der Waals surface area contributed by atoms with Crippen LogP contribution in [0.3, 0.4) is 0 Å². The maximum absolute atomic E-state index is 11.6. The summed E-state index contributed by atoms with van der Waals surface area (Å²) in [6.45, 7) is 5.41. The van der Waals surface area contributed by atoms with Gasteiger partial charge in [0.05, 0.1) is 19.3 Å². The number of hydrogen-bond donors (Lipinski definition) is 1. The molecule has 1 atom stereocenters. The van der Waals surface area contributed by atoms with Crippen molar-refractivity contribution in [1.29, 1.82) is 0 Å². The van der Waals surface area contributed by atoms with E-state index in [0.717, 1.165) is 25.7 Å². The van der Waals surface area contributed by atoms with E-state index in [4.69, 9.17) is 0 Å². The van der Waals surface area contributed by atoms with Crippen LogP contribution < -0.4 is 0 Å². The van der Waals surface area contributed by atoms with Crippen molar-refractivity contribution in [3.8, 4) is 0 Å². The molecule has 90 valence electrons. The van der Waals surface area contributed by atoms with Gasteiger partial charge in [-0.25, -0.2) is 0 Å². The SMILES string of the molecule is C=CCC[C@@H](O)CN1CC(=O)N(C2CC2)C1. The Kier molecular flexibility index (Phi) is 3.61. The highest BCUT2D eigenvalue weighted by molar-refractivity contribution is 5.80. The molecule has 1 aliphatic carbocycles. The molecule has 0 aromatic carbocycles. The van der Waals surface area contributed by atoms with E-state index >= 15 is 0 Å². The van der Waals surface area contributed by atoms with Crippen LogP contribution in [0.5, 0.6) is 0 Å². The zero-order valence-corrected chi connectivity index (χ0v) is 9.64. The van der Waals surface area contributed by atoms with Crippen molar-refractivity contribution < 1.29 is 9.90 Å². The van der Waals surface area contributed by atoms with Crippen molar-refractivity contribution in [2.45, 2.75) is 37.8 Å². The van der Waals surface area contributed by atoms with E-state index in [1.165, 1.54) is 0 Å². The molecule has 0 aromatic rings. The molecule has 0 bridgehead atoms. The van der Waals surface area contributed by atoms with Crippen LogP contribution in [-0.4, -0.2) is 52.7 Å². The number of rotatable bonds is 6. The Morgan fingerprint density at radius 3 is 2.94 bits per heavy atom. The van der Waals surface area contributed by atoms with E-state index in [-0.39, 0.29) is 12.0 Å². The molecule has 1 aliphatic heterocycles. The molecule has 2 fully saturated rings. The largest absolute Gasteiger partial charge is 0.392 e. The smallest absolute Gasteiger partial charge is 0.238 e. The first-order valence-corrected chi connectivity index (χ1v) is 6.01. The number of β-amino-alcohol motifs (C(OH)–C–C–N with tert-alkyl or cyclic N) is 1. The average Bonchev–Trinajstić information content (AvgIpc) is 3.01. The van der Waals surface area contributed by atoms with Crippen molar-refractivity contribution in [3.05, 3.63) is 12.7 Å². The summed E-state index contributed by atoms with van der Waals surface area (Å²) in [6, 6.07) is 0.489. The molecule has 1 saturated carbocycles. The van der Waals surface area contributed by atoms with E-state index < -0.39 is 0 Å². The number of nitrogens with zero attached hydrogens (tertiary/aromatic N) is 2. The minimum Gasteiger partial charge on any atom is -0.392 e. The normalized spacial score (nSPS) is 23.8. The Hall–Kier alpha value is -0.870. The van der Waals surface area contributed by atoms with Crippen molar-refractivity contribution in [2.24, 2.45) is 0 Å². The van der Waals surface area contributed by atoms with Gasteiger partial charge in [0, 0.05) is 12.6 Å². The number of aliphatic hydroxyl groups is 1. The minimum atomic E-state index is -0.343. The second-order valence-corrected chi connectivity index (χ2v) is 4.77. The van der Waals surface area contributed by atoms with Gasteiger partial charge >= 0.3 is 0 Å². The average molecular weight is 224 g/mol. The van der Waals surface area contributed by atoms with Gasteiger partial charge in [-0.05, 0) is 25.7 Å². The van der Waals surface area contributed by atoms with Crippen LogP contribution in [0.4, 0.5) is 0 Å². The number of amides is 1. The third-order valence-electron chi connectivity index (χ3n) is 3.19. The molecule has 0 unspecified atom stereocenters. The van der Waals surface area contributed by atoms with Gasteiger partial charge < -0.3 is 10.0 Å². The molecule has 0 radical (unpaired) electrons. The van der Waals surface area contributed by atoms with Crippen molar-refractivity contribution >= 4 is 5.91 Å². The van der Waals surface area contributed by atoms with Crippen molar-refractivity contribution in [1.82, 2.24) is 9.80 Å². The van der Waals surface area contributed by atoms with E-state index in [0.29, 0.717) is 25.8 Å². The first-order chi connectivity index (χ1) is 7.70. The molecule has 1 heterocycles. The summed E-state index contributed by atoms with van der Waals surface area (Å²) in [7, 11) is 0. The maximum atomic E-state index is 11.6. The predicted octanol–water partition coefficient (Wildman–Crippen LogP) is 0.578. The molecule has 1 saturated heterocycles. The van der Waals surface area contributed by atoms with Gasteiger partial charge in [0.15, 0.2) is 0 Å². The molecule has 1 N–H and O–H groups in total. The van der Waals surface area contributed by atoms with Crippen LogP contribution in [0.1, 0.15) is 25.7 Å². The second-order valence-electron chi connectivity index (χ2n) is 4.77. The fourth-order valence-corrected chi connectivity index (χ4v) is 2.15. The van der Waals surface area contributed by atoms with Crippen LogP contribution in [-0.2, 0) is 4.79 Å². The van der Waals surface area contributed by atoms with Crippen LogP contribution in [0, 0.1) is 0 Å². The van der Waals surface area contributed by atoms with E-state index in [1.807, 2.05) is 15.9 Å². The summed E-state index contributed by atoms with van der Waals surface area (Å²) in [4.78, 5) is 15.6. The molecule has 2 rings (SSSR count). The molecule has 4 heteroatoms. The number of carbonyl (C=O) groups excluding carboxylic acids is 1. The number of carbonyl (C=O) groups is 1. The number of allylic oxidation sites excluding steroid dienone is 1. The van der Waals surface area contributed by atoms with E-state index in [1.54, 1.807) is 0 Å². The summed E-state index contributed by atoms with van der Waals surface area (Å²) in [6.07, 6.45) is 5.34. The van der Waals surface area contributed by atoms with Gasteiger partial charge in [0.25, 0.3) is 0 Å². The minimum absolute atomic E-state index is 0.221. The Morgan fingerprint density at radius 1 is 1.56 bits per heavy atom. The highest BCUT2D eigenvalue weighted by Crippen LogP contribution is 2.29. The lowest BCUT2D eigenvalue weighted by molar-refractivity contribution is -0.127. The highest BCUT2D eigenvalue weighted by atomic mass is 16.3. The lowest BCUT2D eigenvalue weighted by Gasteiger charge is -2.20. The summed E-state index contributed by atoms with van der Waals surface area (Å²) in [5.41, 5.74) is 0. The van der Waals surface area contributed by atoms with E-state index in [2.05, 4.69) is 6.58 Å². The predicted molar refractivity (Wildman–Crippen MR) is 61.7 cm³/mol. The molecule has 1 amide bonds. The third-order valence-corrected chi connectivity index (χ3v) is 3.19. The van der Waals surface area contributed by atoms with E-state index in [9.17, 15) is 9.90 Å². The summed E-state index contributed by atoms with van der Waals surface area (Å²) < 4.78 is 0. The first kappa shape index (κ1) is 11.6. The van der Waals surface area contributed by atoms with Crippen LogP contribution >= 0.6 is 0 Å². The molecule has 4 nitrogen and oxygen atoms in total. The fraction of sp³-hybridized carbons (Fsp3) is 0.750. The Balaban J connectivity index is 1.74. The second kappa shape index (κ2) is 4.97. The molecule has 16 heavy (non-hydrogen) atoms. The molecule has 0 aromatic heterocycles. The van der Waals surface area contributed by atoms with Crippen LogP contribution in [0.25, 0.3) is 0 Å². The molecular weight excluding hydrogens is 204 g/mol. The van der Waals surface area contributed by atoms with Gasteiger partial charge in [-0.15, -0.1) is 6.58 Å². The fourth-order valence-electron chi connectivity index (χ4n) is 2.15. The quantitative estimate of drug-likeness (QED) is 0.671. The number of hydrogen-bond acceptors (Lipinski definition) is 3. The molecule has 0 spiro atoms. The zero-order valence-electron chi connectivity index (χ0n) is 9.64. The van der Waals surface area contributed by atoms with Gasteiger partial charge in [0.1, 0.15) is 0 Å². The Bertz CT molecular complexity index is 276. The first-order valence-electron chi connectivity index (χ1n) is 6.01. The van der Waals surface area contributed by atoms with Crippen LogP contribution in [0.15, 0.2) is 12.7 Å². The van der Waals surface area contributed by atoms with Crippen LogP contribution in [0.2, 0.25) is 0 Å². The lowest BCUT2D eigenvalue weighted by atomic mass is 10.2. The highest BCUT2D eigenvalue weighted by Gasteiger charge is 2.38. The molecule has 2 aliphatic rings. The topological polar surface area (TPSA) is 43.8 Å². The van der Waals surface area contributed by atoms with Gasteiger partial charge in [0.2, 0.25) is 5.91 Å². The zero-order chi connectivity index (χ0) is 11.5. The van der Waals surface area contributed by atoms with Crippen molar-refractivity contribution in [3.63, 3.8) is 0 Å². The maximum Gasteiger partial charge on any atom is 0.238 e. The number of aliphatic hydroxyl groups excluding tert-OH is 1. The van der Waals surface area contributed by atoms with Gasteiger partial charge in [-0.3, -0.25) is 9.69 Å². The Labute approximate surface area is 96.5 Å². The van der Waals surface area contributed by atoms with Gasteiger partial charge in [-0.1, -0.05) is 6.08 Å². The summed E-state index contributed by atoms with van der Waals surface area (Å²) >= 11 is 0. The summed E-state index contributed by atoms with van der Waals surface area (Å²) in [5, 5.41) is 9.75. The monoisotopic (exact) mass is 224 g/mol. The van der Waals surface area contributed by atoms with Crippen molar-refractivity contribution in [2.75, 3.05) is 19.8 Å². The molecular formula is C12H20N2O2.